The molecule has 1 aromatic heterocycles. The van der Waals surface area contributed by atoms with E-state index in [1.165, 1.54) is 6.07 Å². The van der Waals surface area contributed by atoms with Gasteiger partial charge in [-0.15, -0.1) is 0 Å². The van der Waals surface area contributed by atoms with Gasteiger partial charge in [-0.1, -0.05) is 6.07 Å². The van der Waals surface area contributed by atoms with Crippen molar-refractivity contribution in [1.29, 1.82) is 0 Å². The van der Waals surface area contributed by atoms with E-state index in [4.69, 9.17) is 5.73 Å². The highest BCUT2D eigenvalue weighted by atomic mass is 32.2. The Morgan fingerprint density at radius 1 is 1.12 bits per heavy atom. The predicted octanol–water partition coefficient (Wildman–Crippen LogP) is 1.84. The highest BCUT2D eigenvalue weighted by Gasteiger charge is 2.18. The van der Waals surface area contributed by atoms with Crippen LogP contribution >= 0.6 is 0 Å². The molecule has 0 spiro atoms. The van der Waals surface area contributed by atoms with Crippen LogP contribution in [0.25, 0.3) is 10.9 Å². The summed E-state index contributed by atoms with van der Waals surface area (Å²) in [6.07, 6.45) is 1.65. The number of carbonyl (C=O) groups excluding carboxylic acids is 1. The molecular formula is C16H13N3O4S. The highest BCUT2D eigenvalue weighted by molar-refractivity contribution is 7.92. The third kappa shape index (κ3) is 2.99. The minimum atomic E-state index is -3.94. The average Bonchev–Trinajstić information content (AvgIpc) is 2.54. The average molecular weight is 343 g/mol. The summed E-state index contributed by atoms with van der Waals surface area (Å²) < 4.78 is 27.3. The second kappa shape index (κ2) is 5.82. The Morgan fingerprint density at radius 2 is 1.92 bits per heavy atom. The number of amides is 1. The first-order valence-electron chi connectivity index (χ1n) is 6.87. The second-order valence-electron chi connectivity index (χ2n) is 5.06. The number of benzene rings is 2. The number of aromatic hydroxyl groups is 1. The molecule has 0 radical (unpaired) electrons. The van der Waals surface area contributed by atoms with Crippen molar-refractivity contribution in [3.05, 3.63) is 60.3 Å². The number of hydrogen-bond acceptors (Lipinski definition) is 5. The van der Waals surface area contributed by atoms with Gasteiger partial charge in [0.2, 0.25) is 0 Å². The molecule has 122 valence electrons. The first kappa shape index (κ1) is 15.8. The van der Waals surface area contributed by atoms with Gasteiger partial charge in [-0.2, -0.15) is 0 Å². The lowest BCUT2D eigenvalue weighted by Crippen LogP contribution is -2.16. The van der Waals surface area contributed by atoms with Crippen molar-refractivity contribution in [2.24, 2.45) is 5.73 Å². The van der Waals surface area contributed by atoms with Crippen LogP contribution in [-0.4, -0.2) is 24.4 Å². The van der Waals surface area contributed by atoms with Crippen LogP contribution in [0.1, 0.15) is 10.4 Å². The number of hydrogen-bond donors (Lipinski definition) is 3. The molecule has 0 fully saturated rings. The fraction of sp³-hybridized carbons (Fsp3) is 0. The van der Waals surface area contributed by atoms with Crippen molar-refractivity contribution in [2.75, 3.05) is 4.72 Å². The highest BCUT2D eigenvalue weighted by Crippen LogP contribution is 2.24. The quantitative estimate of drug-likeness (QED) is 0.667. The molecule has 3 rings (SSSR count). The molecule has 0 unspecified atom stereocenters. The number of nitrogens with two attached hydrogens (primary N) is 1. The summed E-state index contributed by atoms with van der Waals surface area (Å²) in [4.78, 5) is 15.2. The van der Waals surface area contributed by atoms with Crippen LogP contribution in [0.5, 0.6) is 5.75 Å². The van der Waals surface area contributed by atoms with E-state index in [0.29, 0.717) is 5.69 Å². The summed E-state index contributed by atoms with van der Waals surface area (Å²) in [5.41, 5.74) is 5.95. The standard InChI is InChI=1S/C16H13N3O4S/c17-16(21)13-9-12(4-6-15(13)20)24(22,23)19-11-3-5-14-10(8-11)2-1-7-18-14/h1-9,19-20H,(H2,17,21). The van der Waals surface area contributed by atoms with Crippen LogP contribution in [-0.2, 0) is 10.0 Å². The van der Waals surface area contributed by atoms with E-state index in [-0.39, 0.29) is 16.2 Å². The number of aromatic nitrogens is 1. The largest absolute Gasteiger partial charge is 0.507 e. The lowest BCUT2D eigenvalue weighted by atomic mass is 10.2. The number of nitrogens with one attached hydrogen (secondary N) is 1. The summed E-state index contributed by atoms with van der Waals surface area (Å²) in [6.45, 7) is 0. The Kier molecular flexibility index (Phi) is 3.82. The maximum Gasteiger partial charge on any atom is 0.261 e. The third-order valence-electron chi connectivity index (χ3n) is 3.40. The first-order chi connectivity index (χ1) is 11.4. The molecule has 0 aliphatic carbocycles. The molecule has 0 aliphatic rings. The molecule has 3 aromatic rings. The first-order valence-corrected chi connectivity index (χ1v) is 8.35. The van der Waals surface area contributed by atoms with Crippen LogP contribution < -0.4 is 10.5 Å². The van der Waals surface area contributed by atoms with E-state index in [2.05, 4.69) is 9.71 Å². The third-order valence-corrected chi connectivity index (χ3v) is 4.78. The molecule has 7 nitrogen and oxygen atoms in total. The molecular weight excluding hydrogens is 330 g/mol. The van der Waals surface area contributed by atoms with Crippen molar-refractivity contribution in [3.8, 4) is 5.75 Å². The summed E-state index contributed by atoms with van der Waals surface area (Å²) >= 11 is 0. The lowest BCUT2D eigenvalue weighted by molar-refractivity contribution is 0.0997. The fourth-order valence-electron chi connectivity index (χ4n) is 2.23. The molecule has 0 saturated carbocycles. The van der Waals surface area contributed by atoms with E-state index in [9.17, 15) is 18.3 Å². The molecule has 4 N–H and O–H groups in total. The maximum atomic E-state index is 12.5. The number of sulfonamides is 1. The minimum absolute atomic E-state index is 0.180. The van der Waals surface area contributed by atoms with Crippen LogP contribution in [0, 0.1) is 0 Å². The Bertz CT molecular complexity index is 1050. The van der Waals surface area contributed by atoms with Gasteiger partial charge in [-0.25, -0.2) is 8.42 Å². The normalized spacial score (nSPS) is 11.3. The maximum absolute atomic E-state index is 12.5. The molecule has 0 bridgehead atoms. The zero-order chi connectivity index (χ0) is 17.3. The van der Waals surface area contributed by atoms with E-state index in [0.717, 1.165) is 23.0 Å². The molecule has 1 heterocycles. The number of phenols is 1. The van der Waals surface area contributed by atoms with Gasteiger partial charge in [0.05, 0.1) is 16.0 Å². The lowest BCUT2D eigenvalue weighted by Gasteiger charge is -2.10. The summed E-state index contributed by atoms with van der Waals surface area (Å²) in [5, 5.41) is 10.3. The summed E-state index contributed by atoms with van der Waals surface area (Å²) in [6, 6.07) is 11.8. The molecule has 2 aromatic carbocycles. The van der Waals surface area contributed by atoms with Crippen molar-refractivity contribution in [3.63, 3.8) is 0 Å². The SMILES string of the molecule is NC(=O)c1cc(S(=O)(=O)Nc2ccc3ncccc3c2)ccc1O. The van der Waals surface area contributed by atoms with E-state index in [1.54, 1.807) is 30.5 Å². The smallest absolute Gasteiger partial charge is 0.261 e. The van der Waals surface area contributed by atoms with Crippen molar-refractivity contribution >= 4 is 32.5 Å². The molecule has 0 atom stereocenters. The number of fused-ring (bicyclic) bond motifs is 1. The van der Waals surface area contributed by atoms with Crippen molar-refractivity contribution < 1.29 is 18.3 Å². The van der Waals surface area contributed by atoms with Crippen LogP contribution in [0.2, 0.25) is 0 Å². The molecule has 1 amide bonds. The predicted molar refractivity (Wildman–Crippen MR) is 89.2 cm³/mol. The van der Waals surface area contributed by atoms with Crippen LogP contribution in [0.3, 0.4) is 0 Å². The Balaban J connectivity index is 1.98. The van der Waals surface area contributed by atoms with Gasteiger partial charge in [-0.3, -0.25) is 14.5 Å². The number of nitrogens with zero attached hydrogens (tertiary/aromatic N) is 1. The van der Waals surface area contributed by atoms with Gasteiger partial charge >= 0.3 is 0 Å². The number of primary amides is 1. The van der Waals surface area contributed by atoms with E-state index >= 15 is 0 Å². The summed E-state index contributed by atoms with van der Waals surface area (Å²) in [7, 11) is -3.94. The Morgan fingerprint density at radius 3 is 2.67 bits per heavy atom. The number of anilines is 1. The van der Waals surface area contributed by atoms with Gasteiger partial charge in [0.15, 0.2) is 0 Å². The van der Waals surface area contributed by atoms with Crippen molar-refractivity contribution in [1.82, 2.24) is 4.98 Å². The van der Waals surface area contributed by atoms with Gasteiger partial charge in [0.25, 0.3) is 15.9 Å². The number of rotatable bonds is 4. The molecule has 24 heavy (non-hydrogen) atoms. The molecule has 0 aliphatic heterocycles. The van der Waals surface area contributed by atoms with E-state index < -0.39 is 15.9 Å². The van der Waals surface area contributed by atoms with Crippen LogP contribution in [0.4, 0.5) is 5.69 Å². The zero-order valence-electron chi connectivity index (χ0n) is 12.3. The van der Waals surface area contributed by atoms with Gasteiger partial charge in [0.1, 0.15) is 5.75 Å². The Hall–Kier alpha value is -3.13. The monoisotopic (exact) mass is 343 g/mol. The van der Waals surface area contributed by atoms with Gasteiger partial charge in [0, 0.05) is 17.3 Å². The number of carbonyl (C=O) groups is 1. The van der Waals surface area contributed by atoms with Crippen LogP contribution in [0.15, 0.2) is 59.6 Å². The second-order valence-corrected chi connectivity index (χ2v) is 6.74. The topological polar surface area (TPSA) is 122 Å². The number of pyridine rings is 1. The van der Waals surface area contributed by atoms with Crippen molar-refractivity contribution in [2.45, 2.75) is 4.90 Å². The zero-order valence-corrected chi connectivity index (χ0v) is 13.1. The minimum Gasteiger partial charge on any atom is -0.507 e. The van der Waals surface area contributed by atoms with Gasteiger partial charge < -0.3 is 10.8 Å². The summed E-state index contributed by atoms with van der Waals surface area (Å²) in [5.74, 6) is -1.29. The Labute approximate surface area is 137 Å². The van der Waals surface area contributed by atoms with Gasteiger partial charge in [-0.05, 0) is 42.5 Å². The molecule has 0 saturated heterocycles. The van der Waals surface area contributed by atoms with E-state index in [1.807, 2.05) is 6.07 Å². The molecule has 8 heteroatoms. The fourth-order valence-corrected chi connectivity index (χ4v) is 3.31.